The highest BCUT2D eigenvalue weighted by Crippen LogP contribution is 2.39. The molecule has 2 heterocycles. The summed E-state index contributed by atoms with van der Waals surface area (Å²) in [6, 6.07) is 5.11. The first-order chi connectivity index (χ1) is 12.2. The van der Waals surface area contributed by atoms with E-state index in [9.17, 15) is 27.9 Å². The number of ether oxygens (including phenoxy) is 1. The van der Waals surface area contributed by atoms with Crippen LogP contribution in [0.2, 0.25) is 0 Å². The fourth-order valence-electron chi connectivity index (χ4n) is 3.09. The van der Waals surface area contributed by atoms with Crippen molar-refractivity contribution in [3.8, 4) is 0 Å². The van der Waals surface area contributed by atoms with Gasteiger partial charge in [-0.1, -0.05) is 12.2 Å². The zero-order chi connectivity index (χ0) is 19.1. The largest absolute Gasteiger partial charge is 0.550 e. The zero-order valence-electron chi connectivity index (χ0n) is 13.5. The van der Waals surface area contributed by atoms with Crippen molar-refractivity contribution < 1.29 is 32.6 Å². The minimum absolute atomic E-state index is 0.149. The van der Waals surface area contributed by atoms with E-state index in [0.717, 1.165) is 6.92 Å². The predicted molar refractivity (Wildman–Crippen MR) is 85.9 cm³/mol. The Kier molecular flexibility index (Phi) is 4.55. The molecule has 1 fully saturated rings. The number of carboxylic acids is 1. The number of amides is 2. The highest BCUT2D eigenvalue weighted by Gasteiger charge is 2.50. The van der Waals surface area contributed by atoms with E-state index in [0.29, 0.717) is 0 Å². The number of carboxylic acid groups (broad SMARTS) is 1. The molecule has 0 aliphatic carbocycles. The molecule has 3 rings (SSSR count). The second-order valence-corrected chi connectivity index (χ2v) is 7.68. The molecule has 0 saturated carbocycles. The molecule has 26 heavy (non-hydrogen) atoms. The quantitative estimate of drug-likeness (QED) is 0.610. The van der Waals surface area contributed by atoms with E-state index in [-0.39, 0.29) is 10.6 Å². The molecule has 2 aliphatic rings. The van der Waals surface area contributed by atoms with Crippen LogP contribution in [0, 0.1) is 11.8 Å². The van der Waals surface area contributed by atoms with Gasteiger partial charge < -0.3 is 20.0 Å². The van der Waals surface area contributed by atoms with Gasteiger partial charge >= 0.3 is 0 Å². The number of fused-ring (bicyclic) bond motifs is 2. The molecule has 2 aliphatic heterocycles. The highest BCUT2D eigenvalue weighted by atomic mass is 32.2. The van der Waals surface area contributed by atoms with Crippen molar-refractivity contribution in [3.63, 3.8) is 0 Å². The Balaban J connectivity index is 1.73. The maximum Gasteiger partial charge on any atom is 0.264 e. The molecule has 1 saturated heterocycles. The normalized spacial score (nSPS) is 26.5. The molecule has 2 amide bonds. The Morgan fingerprint density at radius 1 is 1.04 bits per heavy atom. The van der Waals surface area contributed by atoms with E-state index >= 15 is 0 Å². The van der Waals surface area contributed by atoms with E-state index in [2.05, 4.69) is 5.32 Å². The molecule has 0 aromatic heterocycles. The smallest absolute Gasteiger partial charge is 0.264 e. The molecule has 0 spiro atoms. The average molecular weight is 379 g/mol. The number of anilines is 1. The van der Waals surface area contributed by atoms with Crippen LogP contribution in [0.5, 0.6) is 0 Å². The fraction of sp³-hybridized carbons (Fsp3) is 0.312. The number of aliphatic carboxylic acids is 1. The number of benzene rings is 1. The second-order valence-electron chi connectivity index (χ2n) is 6.00. The molecular weight excluding hydrogens is 364 g/mol. The third-order valence-electron chi connectivity index (χ3n) is 4.18. The third kappa shape index (κ3) is 3.33. The number of hydrogen-bond acceptors (Lipinski definition) is 7. The lowest BCUT2D eigenvalue weighted by Gasteiger charge is -2.25. The summed E-state index contributed by atoms with van der Waals surface area (Å²) >= 11 is 0. The van der Waals surface area contributed by atoms with E-state index in [1.54, 1.807) is 12.2 Å². The third-order valence-corrected chi connectivity index (χ3v) is 5.63. The molecule has 2 N–H and O–H groups in total. The van der Waals surface area contributed by atoms with Gasteiger partial charge in [-0.25, -0.2) is 13.1 Å². The van der Waals surface area contributed by atoms with Crippen molar-refractivity contribution in [2.24, 2.45) is 11.8 Å². The summed E-state index contributed by atoms with van der Waals surface area (Å²) < 4.78 is 31.0. The van der Waals surface area contributed by atoms with Crippen LogP contribution in [0.3, 0.4) is 0 Å². The monoisotopic (exact) mass is 379 g/mol. The predicted octanol–water partition coefficient (Wildman–Crippen LogP) is -1.23. The lowest BCUT2D eigenvalue weighted by atomic mass is 9.82. The number of carbonyl (C=O) groups is 3. The molecular formula is C16H15N2O7S-. The molecule has 4 atom stereocenters. The van der Waals surface area contributed by atoms with E-state index in [1.165, 1.54) is 24.3 Å². The van der Waals surface area contributed by atoms with Gasteiger partial charge in [0.2, 0.25) is 11.8 Å². The lowest BCUT2D eigenvalue weighted by molar-refractivity contribution is -0.313. The van der Waals surface area contributed by atoms with Crippen LogP contribution in [0.4, 0.5) is 5.69 Å². The summed E-state index contributed by atoms with van der Waals surface area (Å²) in [6.45, 7) is 1.08. The van der Waals surface area contributed by atoms with E-state index in [4.69, 9.17) is 4.74 Å². The summed E-state index contributed by atoms with van der Waals surface area (Å²) in [7, 11) is -3.97. The number of carbonyl (C=O) groups excluding carboxylic acids is 3. The summed E-state index contributed by atoms with van der Waals surface area (Å²) in [6.07, 6.45) is 1.90. The standard InChI is InChI=1S/C16H16N2O7S/c1-8(19)18-26(23,24)10-4-2-9(3-5-10)17-15(20)13-11-6-7-12(25-11)14(13)16(21)22/h2-7,11-14H,1H3,(H,17,20)(H,18,19)(H,21,22)/p-1. The Bertz CT molecular complexity index is 892. The number of hydrogen-bond donors (Lipinski definition) is 2. The Morgan fingerprint density at radius 2 is 1.62 bits per heavy atom. The van der Waals surface area contributed by atoms with Crippen molar-refractivity contribution in [1.29, 1.82) is 0 Å². The average Bonchev–Trinajstić information content (AvgIpc) is 3.15. The summed E-state index contributed by atoms with van der Waals surface area (Å²) in [5.41, 5.74) is 0.278. The van der Waals surface area contributed by atoms with Gasteiger partial charge in [-0.05, 0) is 24.3 Å². The van der Waals surface area contributed by atoms with Crippen LogP contribution in [0.15, 0.2) is 41.3 Å². The van der Waals surface area contributed by atoms with Gasteiger partial charge in [0.1, 0.15) is 0 Å². The van der Waals surface area contributed by atoms with Crippen molar-refractivity contribution in [2.45, 2.75) is 24.0 Å². The SMILES string of the molecule is CC(=O)NS(=O)(=O)c1ccc(NC(=O)C2C3C=CC(O3)C2C(=O)[O-])cc1. The van der Waals surface area contributed by atoms with E-state index < -0.39 is 51.9 Å². The summed E-state index contributed by atoms with van der Waals surface area (Å²) in [5.74, 6) is -4.66. The molecule has 0 radical (unpaired) electrons. The lowest BCUT2D eigenvalue weighted by Crippen LogP contribution is -2.45. The fourth-order valence-corrected chi connectivity index (χ4v) is 4.08. The van der Waals surface area contributed by atoms with Crippen molar-refractivity contribution >= 4 is 33.5 Å². The summed E-state index contributed by atoms with van der Waals surface area (Å²) in [5, 5.41) is 13.8. The van der Waals surface area contributed by atoms with Gasteiger partial charge in [0, 0.05) is 24.5 Å². The Labute approximate surface area is 149 Å². The van der Waals surface area contributed by atoms with Crippen molar-refractivity contribution in [2.75, 3.05) is 5.32 Å². The maximum absolute atomic E-state index is 12.5. The van der Waals surface area contributed by atoms with Gasteiger partial charge in [-0.2, -0.15) is 0 Å². The van der Waals surface area contributed by atoms with Gasteiger partial charge in [-0.3, -0.25) is 9.59 Å². The van der Waals surface area contributed by atoms with Crippen LogP contribution < -0.4 is 15.1 Å². The first-order valence-electron chi connectivity index (χ1n) is 7.68. The molecule has 138 valence electrons. The Morgan fingerprint density at radius 3 is 2.15 bits per heavy atom. The van der Waals surface area contributed by atoms with Crippen LogP contribution >= 0.6 is 0 Å². The van der Waals surface area contributed by atoms with Crippen molar-refractivity contribution in [3.05, 3.63) is 36.4 Å². The van der Waals surface area contributed by atoms with Crippen LogP contribution in [0.25, 0.3) is 0 Å². The molecule has 10 heteroatoms. The van der Waals surface area contributed by atoms with Crippen molar-refractivity contribution in [1.82, 2.24) is 4.72 Å². The number of sulfonamides is 1. The molecule has 1 aromatic rings. The second kappa shape index (κ2) is 6.54. The zero-order valence-corrected chi connectivity index (χ0v) is 14.4. The number of nitrogens with one attached hydrogen (secondary N) is 2. The maximum atomic E-state index is 12.5. The molecule has 2 bridgehead atoms. The molecule has 1 aromatic carbocycles. The van der Waals surface area contributed by atoms with Crippen LogP contribution in [-0.4, -0.2) is 38.4 Å². The minimum atomic E-state index is -3.97. The van der Waals surface area contributed by atoms with E-state index in [1.807, 2.05) is 4.72 Å². The van der Waals surface area contributed by atoms with Gasteiger partial charge in [-0.15, -0.1) is 0 Å². The van der Waals surface area contributed by atoms with Gasteiger partial charge in [0.15, 0.2) is 0 Å². The van der Waals surface area contributed by atoms with Gasteiger partial charge in [0.05, 0.1) is 23.0 Å². The Hall–Kier alpha value is -2.72. The van der Waals surface area contributed by atoms with Crippen LogP contribution in [0.1, 0.15) is 6.92 Å². The minimum Gasteiger partial charge on any atom is -0.550 e. The molecule has 9 nitrogen and oxygen atoms in total. The summed E-state index contributed by atoms with van der Waals surface area (Å²) in [4.78, 5) is 34.5. The highest BCUT2D eigenvalue weighted by molar-refractivity contribution is 7.90. The van der Waals surface area contributed by atoms with Gasteiger partial charge in [0.25, 0.3) is 10.0 Å². The first-order valence-corrected chi connectivity index (χ1v) is 9.16. The number of rotatable bonds is 5. The topological polar surface area (TPSA) is 142 Å². The van der Waals surface area contributed by atoms with Crippen LogP contribution in [-0.2, 0) is 29.1 Å². The molecule has 4 unspecified atom stereocenters. The first kappa shape index (κ1) is 18.1.